The fraction of sp³-hybridized carbons (Fsp3) is 0.409. The third-order valence-corrected chi connectivity index (χ3v) is 7.50. The minimum atomic E-state index is -3.63. The monoisotopic (exact) mass is 431 g/mol. The number of piperazine rings is 1. The summed E-state index contributed by atoms with van der Waals surface area (Å²) in [6.07, 6.45) is 0. The van der Waals surface area contributed by atoms with Crippen LogP contribution >= 0.6 is 0 Å². The number of carbonyl (C=O) groups is 1. The number of hydrogen-bond acceptors (Lipinski definition) is 5. The number of ether oxygens (including phenoxy) is 1. The summed E-state index contributed by atoms with van der Waals surface area (Å²) >= 11 is 0. The summed E-state index contributed by atoms with van der Waals surface area (Å²) in [7, 11) is -0.444. The molecule has 1 amide bonds. The molecule has 2 aromatic carbocycles. The molecule has 2 aromatic rings. The Morgan fingerprint density at radius 2 is 1.70 bits per heavy atom. The van der Waals surface area contributed by atoms with Crippen molar-refractivity contribution in [3.8, 4) is 5.75 Å². The number of nitrogens with zero attached hydrogens (tertiary/aromatic N) is 3. The van der Waals surface area contributed by atoms with Crippen molar-refractivity contribution in [1.82, 2.24) is 9.21 Å². The van der Waals surface area contributed by atoms with E-state index >= 15 is 0 Å². The van der Waals surface area contributed by atoms with Gasteiger partial charge in [-0.1, -0.05) is 12.1 Å². The van der Waals surface area contributed by atoms with E-state index in [-0.39, 0.29) is 16.8 Å². The first-order chi connectivity index (χ1) is 14.2. The van der Waals surface area contributed by atoms with Gasteiger partial charge in [0.25, 0.3) is 5.91 Å². The maximum atomic E-state index is 13.0. The van der Waals surface area contributed by atoms with Crippen molar-refractivity contribution in [3.05, 3.63) is 54.1 Å². The lowest BCUT2D eigenvalue weighted by Crippen LogP contribution is -2.48. The second-order valence-electron chi connectivity index (χ2n) is 7.62. The standard InChI is InChI=1S/C22H29N3O4S/c1-17(2)23(3)30(27,28)21-10-5-7-18(15-21)22(26)25-13-11-24(12-14-25)19-8-6-9-20(16-19)29-4/h5-10,15-17H,11-14H2,1-4H3. The average Bonchev–Trinajstić information content (AvgIpc) is 2.78. The van der Waals surface area contributed by atoms with E-state index in [0.29, 0.717) is 31.7 Å². The molecule has 162 valence electrons. The fourth-order valence-corrected chi connectivity index (χ4v) is 4.80. The summed E-state index contributed by atoms with van der Waals surface area (Å²) in [5.74, 6) is 0.653. The van der Waals surface area contributed by atoms with Crippen molar-refractivity contribution in [1.29, 1.82) is 0 Å². The van der Waals surface area contributed by atoms with E-state index in [2.05, 4.69) is 4.90 Å². The van der Waals surface area contributed by atoms with Crippen LogP contribution in [0.5, 0.6) is 5.75 Å². The zero-order valence-corrected chi connectivity index (χ0v) is 18.7. The quantitative estimate of drug-likeness (QED) is 0.703. The fourth-order valence-electron chi connectivity index (χ4n) is 3.39. The lowest BCUT2D eigenvalue weighted by Gasteiger charge is -2.36. The molecule has 0 spiro atoms. The van der Waals surface area contributed by atoms with Crippen molar-refractivity contribution >= 4 is 21.6 Å². The van der Waals surface area contributed by atoms with Crippen LogP contribution in [-0.4, -0.2) is 69.9 Å². The third kappa shape index (κ3) is 4.60. The number of sulfonamides is 1. The van der Waals surface area contributed by atoms with Gasteiger partial charge >= 0.3 is 0 Å². The van der Waals surface area contributed by atoms with Crippen LogP contribution in [0.25, 0.3) is 0 Å². The molecular weight excluding hydrogens is 402 g/mol. The molecule has 7 nitrogen and oxygen atoms in total. The maximum absolute atomic E-state index is 13.0. The van der Waals surface area contributed by atoms with Gasteiger partial charge in [-0.15, -0.1) is 0 Å². The summed E-state index contributed by atoms with van der Waals surface area (Å²) in [4.78, 5) is 17.1. The van der Waals surface area contributed by atoms with E-state index in [1.807, 2.05) is 38.1 Å². The highest BCUT2D eigenvalue weighted by molar-refractivity contribution is 7.89. The Labute approximate surface area is 178 Å². The molecule has 0 unspecified atom stereocenters. The Morgan fingerprint density at radius 3 is 2.33 bits per heavy atom. The molecule has 0 N–H and O–H groups in total. The van der Waals surface area contributed by atoms with E-state index in [1.54, 1.807) is 31.2 Å². The van der Waals surface area contributed by atoms with E-state index in [0.717, 1.165) is 11.4 Å². The number of methoxy groups -OCH3 is 1. The molecule has 0 atom stereocenters. The summed E-state index contributed by atoms with van der Waals surface area (Å²) in [6, 6.07) is 14.0. The summed E-state index contributed by atoms with van der Waals surface area (Å²) < 4.78 is 32.1. The van der Waals surface area contributed by atoms with E-state index in [4.69, 9.17) is 4.74 Å². The Kier molecular flexibility index (Phi) is 6.67. The molecule has 1 saturated heterocycles. The molecule has 3 rings (SSSR count). The van der Waals surface area contributed by atoms with Crippen LogP contribution < -0.4 is 9.64 Å². The van der Waals surface area contributed by atoms with Gasteiger partial charge in [0.1, 0.15) is 5.75 Å². The second-order valence-corrected chi connectivity index (χ2v) is 9.62. The van der Waals surface area contributed by atoms with E-state index < -0.39 is 10.0 Å². The molecule has 1 heterocycles. The van der Waals surface area contributed by atoms with Crippen molar-refractivity contribution in [2.24, 2.45) is 0 Å². The Balaban J connectivity index is 1.71. The van der Waals surface area contributed by atoms with Gasteiger partial charge in [0.05, 0.1) is 12.0 Å². The molecular formula is C22H29N3O4S. The van der Waals surface area contributed by atoms with E-state index in [1.165, 1.54) is 16.4 Å². The Bertz CT molecular complexity index is 999. The highest BCUT2D eigenvalue weighted by Gasteiger charge is 2.26. The molecule has 0 saturated carbocycles. The van der Waals surface area contributed by atoms with Crippen molar-refractivity contribution in [2.45, 2.75) is 24.8 Å². The predicted octanol–water partition coefficient (Wildman–Crippen LogP) is 2.69. The molecule has 0 bridgehead atoms. The summed E-state index contributed by atoms with van der Waals surface area (Å²) in [5, 5.41) is 0. The first-order valence-corrected chi connectivity index (χ1v) is 11.4. The molecule has 8 heteroatoms. The summed E-state index contributed by atoms with van der Waals surface area (Å²) in [6.45, 7) is 6.17. The van der Waals surface area contributed by atoms with Crippen LogP contribution in [0.2, 0.25) is 0 Å². The molecule has 1 aliphatic heterocycles. The number of benzene rings is 2. The van der Waals surface area contributed by atoms with Gasteiger partial charge < -0.3 is 14.5 Å². The first-order valence-electron chi connectivity index (χ1n) is 10.0. The highest BCUT2D eigenvalue weighted by atomic mass is 32.2. The molecule has 0 aliphatic carbocycles. The lowest BCUT2D eigenvalue weighted by molar-refractivity contribution is 0.0746. The van der Waals surface area contributed by atoms with Gasteiger partial charge in [-0.25, -0.2) is 8.42 Å². The minimum absolute atomic E-state index is 0.138. The van der Waals surface area contributed by atoms with Gasteiger partial charge in [0, 0.05) is 56.6 Å². The van der Waals surface area contributed by atoms with Gasteiger partial charge in [0.2, 0.25) is 10.0 Å². The number of carbonyl (C=O) groups excluding carboxylic acids is 1. The van der Waals surface area contributed by atoms with Crippen LogP contribution in [-0.2, 0) is 10.0 Å². The maximum Gasteiger partial charge on any atom is 0.254 e. The van der Waals surface area contributed by atoms with Crippen LogP contribution in [0.3, 0.4) is 0 Å². The highest BCUT2D eigenvalue weighted by Crippen LogP contribution is 2.23. The molecule has 1 aliphatic rings. The Morgan fingerprint density at radius 1 is 1.03 bits per heavy atom. The number of rotatable bonds is 6. The number of hydrogen-bond donors (Lipinski definition) is 0. The van der Waals surface area contributed by atoms with Gasteiger partial charge in [-0.2, -0.15) is 4.31 Å². The number of anilines is 1. The van der Waals surface area contributed by atoms with Crippen molar-refractivity contribution < 1.29 is 17.9 Å². The van der Waals surface area contributed by atoms with Crippen LogP contribution in [0.4, 0.5) is 5.69 Å². The topological polar surface area (TPSA) is 70.2 Å². The van der Waals surface area contributed by atoms with Crippen LogP contribution in [0, 0.1) is 0 Å². The summed E-state index contributed by atoms with van der Waals surface area (Å²) in [5.41, 5.74) is 1.45. The van der Waals surface area contributed by atoms with Crippen molar-refractivity contribution in [3.63, 3.8) is 0 Å². The second kappa shape index (κ2) is 9.06. The van der Waals surface area contributed by atoms with Crippen LogP contribution in [0.1, 0.15) is 24.2 Å². The molecule has 1 fully saturated rings. The zero-order valence-electron chi connectivity index (χ0n) is 17.9. The van der Waals surface area contributed by atoms with Crippen LogP contribution in [0.15, 0.2) is 53.4 Å². The first kappa shape index (κ1) is 22.1. The smallest absolute Gasteiger partial charge is 0.254 e. The van der Waals surface area contributed by atoms with E-state index in [9.17, 15) is 13.2 Å². The van der Waals surface area contributed by atoms with Gasteiger partial charge in [-0.05, 0) is 44.2 Å². The molecule has 0 aromatic heterocycles. The Hall–Kier alpha value is -2.58. The lowest BCUT2D eigenvalue weighted by atomic mass is 10.1. The largest absolute Gasteiger partial charge is 0.497 e. The van der Waals surface area contributed by atoms with Gasteiger partial charge in [-0.3, -0.25) is 4.79 Å². The third-order valence-electron chi connectivity index (χ3n) is 5.47. The SMILES string of the molecule is COc1cccc(N2CCN(C(=O)c3cccc(S(=O)(=O)N(C)C(C)C)c3)CC2)c1. The normalized spacial score (nSPS) is 15.0. The van der Waals surface area contributed by atoms with Crippen molar-refractivity contribution in [2.75, 3.05) is 45.2 Å². The minimum Gasteiger partial charge on any atom is -0.497 e. The molecule has 30 heavy (non-hydrogen) atoms. The number of amides is 1. The zero-order chi connectivity index (χ0) is 21.9. The van der Waals surface area contributed by atoms with Gasteiger partial charge in [0.15, 0.2) is 0 Å². The average molecular weight is 432 g/mol. The predicted molar refractivity (Wildman–Crippen MR) is 118 cm³/mol. The molecule has 0 radical (unpaired) electrons.